The lowest BCUT2D eigenvalue weighted by Gasteiger charge is -2.25. The Kier molecular flexibility index (Phi) is 9.76. The summed E-state index contributed by atoms with van der Waals surface area (Å²) in [5.74, 6) is -0.940. The summed E-state index contributed by atoms with van der Waals surface area (Å²) >= 11 is 0. The summed E-state index contributed by atoms with van der Waals surface area (Å²) in [5, 5.41) is 2.65. The minimum Gasteiger partial charge on any atom is -0.462 e. The number of esters is 1. The first-order valence-corrected chi connectivity index (χ1v) is 13.1. The van der Waals surface area contributed by atoms with E-state index in [1.165, 1.54) is 6.33 Å². The van der Waals surface area contributed by atoms with Gasteiger partial charge < -0.3 is 13.8 Å². The molecule has 0 radical (unpaired) electrons. The van der Waals surface area contributed by atoms with Crippen LogP contribution in [0.1, 0.15) is 32.4 Å². The smallest absolute Gasteiger partial charge is 0.459 e. The fraction of sp³-hybridized carbons (Fsp3) is 0.391. The van der Waals surface area contributed by atoms with Gasteiger partial charge in [-0.25, -0.2) is 19.5 Å². The second-order valence-electron chi connectivity index (χ2n) is 8.23. The number of fused-ring (bicyclic) bond motifs is 1. The van der Waals surface area contributed by atoms with Gasteiger partial charge in [0.25, 0.3) is 0 Å². The van der Waals surface area contributed by atoms with Crippen molar-refractivity contribution in [2.45, 2.75) is 52.3 Å². The average molecular weight is 531 g/mol. The Morgan fingerprint density at radius 1 is 1.22 bits per heavy atom. The minimum absolute atomic E-state index is 0.0791. The fourth-order valence-corrected chi connectivity index (χ4v) is 4.81. The van der Waals surface area contributed by atoms with Crippen molar-refractivity contribution in [3.63, 3.8) is 0 Å². The van der Waals surface area contributed by atoms with E-state index in [2.05, 4.69) is 24.8 Å². The molecule has 0 aliphatic rings. The summed E-state index contributed by atoms with van der Waals surface area (Å²) in [6.07, 6.45) is 3.18. The van der Waals surface area contributed by atoms with Crippen LogP contribution in [0.15, 0.2) is 43.0 Å². The lowest BCUT2D eigenvalue weighted by molar-refractivity contribution is -0.149. The number of nitrogens with one attached hydrogen (secondary N) is 2. The third kappa shape index (κ3) is 8.12. The summed E-state index contributed by atoms with van der Waals surface area (Å²) in [4.78, 5) is 40.3. The number of aryl methyl sites for hydroxylation is 1. The van der Waals surface area contributed by atoms with Crippen LogP contribution < -0.4 is 9.61 Å². The molecule has 14 heteroatoms. The van der Waals surface area contributed by atoms with E-state index >= 15 is 0 Å². The topological polar surface area (TPSA) is 172 Å². The van der Waals surface area contributed by atoms with Gasteiger partial charge in [0.05, 0.1) is 35.1 Å². The molecule has 3 rings (SSSR count). The van der Waals surface area contributed by atoms with Crippen molar-refractivity contribution < 1.29 is 32.7 Å². The zero-order valence-electron chi connectivity index (χ0n) is 20.7. The molecule has 1 unspecified atom stereocenters. The molecular formula is C23H29N7O6P+. The van der Waals surface area contributed by atoms with Crippen LogP contribution in [0.2, 0.25) is 0 Å². The first kappa shape index (κ1) is 27.8. The highest BCUT2D eigenvalue weighted by atomic mass is 31.2. The van der Waals surface area contributed by atoms with E-state index in [-0.39, 0.29) is 31.7 Å². The predicted molar refractivity (Wildman–Crippen MR) is 132 cm³/mol. The molecule has 37 heavy (non-hydrogen) atoms. The highest BCUT2D eigenvalue weighted by molar-refractivity contribution is 7.52. The number of rotatable bonds is 14. The van der Waals surface area contributed by atoms with Crippen molar-refractivity contribution in [2.75, 3.05) is 6.61 Å². The van der Waals surface area contributed by atoms with Gasteiger partial charge in [0.2, 0.25) is 5.78 Å². The van der Waals surface area contributed by atoms with Gasteiger partial charge in [0, 0.05) is 13.0 Å². The van der Waals surface area contributed by atoms with Crippen LogP contribution in [-0.4, -0.2) is 61.0 Å². The molecule has 2 N–H and O–H groups in total. The quantitative estimate of drug-likeness (QED) is 0.104. The first-order chi connectivity index (χ1) is 17.7. The molecule has 2 atom stereocenters. The van der Waals surface area contributed by atoms with Gasteiger partial charge in [-0.1, -0.05) is 18.2 Å². The van der Waals surface area contributed by atoms with E-state index in [0.29, 0.717) is 11.2 Å². The van der Waals surface area contributed by atoms with Gasteiger partial charge in [0.1, 0.15) is 23.6 Å². The van der Waals surface area contributed by atoms with Crippen LogP contribution in [0, 0.1) is 12.5 Å². The Hall–Kier alpha value is -3.76. The van der Waals surface area contributed by atoms with Gasteiger partial charge >= 0.3 is 19.9 Å². The molecule has 0 fully saturated rings. The lowest BCUT2D eigenvalue weighted by atomic mass is 10.1. The Bertz CT molecular complexity index is 1320. The van der Waals surface area contributed by atoms with E-state index in [0.717, 1.165) is 11.9 Å². The Morgan fingerprint density at radius 2 is 1.97 bits per heavy atom. The van der Waals surface area contributed by atoms with Crippen molar-refractivity contribution >= 4 is 36.9 Å². The number of Topliss-reactive ketones (excluding diaryl/α,β-unsaturated/α-hetero) is 1. The summed E-state index contributed by atoms with van der Waals surface area (Å²) in [6, 6.07) is 7.16. The maximum absolute atomic E-state index is 13.8. The van der Waals surface area contributed by atoms with Crippen molar-refractivity contribution in [1.82, 2.24) is 24.6 Å². The average Bonchev–Trinajstić information content (AvgIpc) is 3.26. The van der Waals surface area contributed by atoms with Crippen LogP contribution in [-0.2, 0) is 30.0 Å². The normalized spacial score (nSPS) is 13.5. The highest BCUT2D eigenvalue weighted by Gasteiger charge is 2.35. The van der Waals surface area contributed by atoms with E-state index < -0.39 is 31.6 Å². The molecule has 13 nitrogen and oxygen atoms in total. The third-order valence-electron chi connectivity index (χ3n) is 4.98. The Morgan fingerprint density at radius 3 is 2.68 bits per heavy atom. The Balaban J connectivity index is 1.80. The summed E-state index contributed by atoms with van der Waals surface area (Å²) in [6.45, 7) is 5.31. The van der Waals surface area contributed by atoms with E-state index in [1.54, 1.807) is 55.1 Å². The summed E-state index contributed by atoms with van der Waals surface area (Å²) < 4.78 is 32.2. The number of carbonyl (C=O) groups excluding carboxylic acids is 2. The van der Waals surface area contributed by atoms with Crippen LogP contribution >= 0.6 is 7.75 Å². The standard InChI is InChI=1S/C23H29N7O6P/c1-16(2)35-23(32)20(10-9-18(31)13-28-24)29-37(33,36-19-7-5-4-6-8-19)34-12-11-30-15-27-21-17(3)25-14-26-22(21)30/h4-8,13-16,20,24H,9-12H2,1-3H3,(H,29,33)/q+1/t20-,37?/m0/s1. The molecule has 196 valence electrons. The van der Waals surface area contributed by atoms with E-state index in [1.807, 2.05) is 6.92 Å². The molecule has 3 aromatic rings. The maximum atomic E-state index is 13.8. The van der Waals surface area contributed by atoms with Gasteiger partial charge in [-0.15, -0.1) is 0 Å². The maximum Gasteiger partial charge on any atom is 0.459 e. The molecule has 0 amide bonds. The molecule has 2 heterocycles. The van der Waals surface area contributed by atoms with Gasteiger partial charge in [-0.2, -0.15) is 5.09 Å². The molecule has 0 saturated carbocycles. The number of ketones is 1. The largest absolute Gasteiger partial charge is 0.462 e. The van der Waals surface area contributed by atoms with Crippen molar-refractivity contribution in [3.05, 3.63) is 48.7 Å². The second kappa shape index (κ2) is 13.0. The molecule has 0 spiro atoms. The SMILES string of the molecule is Cc1ncnc2c1ncn2CCOP(=O)(N[C@@H](CCC(=O)C=[N+]=N)C(=O)OC(C)C)Oc1ccccc1. The predicted octanol–water partition coefficient (Wildman–Crippen LogP) is 2.91. The van der Waals surface area contributed by atoms with Crippen molar-refractivity contribution in [3.8, 4) is 5.75 Å². The van der Waals surface area contributed by atoms with E-state index in [4.69, 9.17) is 19.3 Å². The first-order valence-electron chi connectivity index (χ1n) is 11.5. The number of para-hydroxylation sites is 1. The number of hydrogen-bond acceptors (Lipinski definition) is 10. The number of ether oxygens (including phenoxy) is 1. The molecule has 0 saturated heterocycles. The number of imidazole rings is 1. The van der Waals surface area contributed by atoms with Crippen LogP contribution in [0.3, 0.4) is 0 Å². The van der Waals surface area contributed by atoms with Gasteiger partial charge in [-0.05, 0) is 39.3 Å². The monoisotopic (exact) mass is 530 g/mol. The molecule has 0 aliphatic carbocycles. The van der Waals surface area contributed by atoms with E-state index in [9.17, 15) is 14.2 Å². The molecule has 0 bridgehead atoms. The van der Waals surface area contributed by atoms with Crippen LogP contribution in [0.5, 0.6) is 5.75 Å². The van der Waals surface area contributed by atoms with Crippen molar-refractivity contribution in [2.24, 2.45) is 0 Å². The molecule has 1 aromatic carbocycles. The zero-order valence-corrected chi connectivity index (χ0v) is 21.6. The van der Waals surface area contributed by atoms with Crippen molar-refractivity contribution in [1.29, 1.82) is 5.53 Å². The lowest BCUT2D eigenvalue weighted by Crippen LogP contribution is -2.39. The van der Waals surface area contributed by atoms with Gasteiger partial charge in [-0.3, -0.25) is 14.1 Å². The third-order valence-corrected chi connectivity index (χ3v) is 6.59. The fourth-order valence-electron chi connectivity index (χ4n) is 3.29. The number of benzene rings is 1. The summed E-state index contributed by atoms with van der Waals surface area (Å²) in [7, 11) is -4.16. The second-order valence-corrected chi connectivity index (χ2v) is 9.93. The highest BCUT2D eigenvalue weighted by Crippen LogP contribution is 2.45. The van der Waals surface area contributed by atoms with Crippen LogP contribution in [0.4, 0.5) is 0 Å². The van der Waals surface area contributed by atoms with Gasteiger partial charge in [0.15, 0.2) is 5.65 Å². The number of aromatic nitrogens is 4. The number of hydrogen-bond donors (Lipinski definition) is 2. The number of nitrogens with zero attached hydrogens (tertiary/aromatic N) is 5. The molecule has 2 aromatic heterocycles. The summed E-state index contributed by atoms with van der Waals surface area (Å²) in [5.41, 5.74) is 8.76. The Labute approximate surface area is 213 Å². The zero-order chi connectivity index (χ0) is 26.8. The molecule has 0 aliphatic heterocycles. The van der Waals surface area contributed by atoms with Crippen LogP contribution in [0.25, 0.3) is 11.2 Å². The number of carbonyl (C=O) groups is 2. The minimum atomic E-state index is -4.16. The molecular weight excluding hydrogens is 501 g/mol.